The highest BCUT2D eigenvalue weighted by molar-refractivity contribution is 7.89. The Morgan fingerprint density at radius 1 is 1.39 bits per heavy atom. The number of aliphatic hydroxyl groups excluding tert-OH is 1. The Balaban J connectivity index is 2.90. The lowest BCUT2D eigenvalue weighted by Crippen LogP contribution is -2.36. The number of nitrogen functional groups attached to an aromatic ring is 1. The van der Waals surface area contributed by atoms with E-state index in [1.54, 1.807) is 4.72 Å². The number of nitrogens with one attached hydrogen (secondary N) is 1. The molecule has 0 aliphatic heterocycles. The van der Waals surface area contributed by atoms with Crippen molar-refractivity contribution in [2.45, 2.75) is 17.4 Å². The molecule has 0 radical (unpaired) electrons. The van der Waals surface area contributed by atoms with Gasteiger partial charge in [-0.15, -0.1) is 0 Å². The topological polar surface area (TPSA) is 92.4 Å². The summed E-state index contributed by atoms with van der Waals surface area (Å²) in [4.78, 5) is -0.566. The van der Waals surface area contributed by atoms with Crippen LogP contribution in [-0.4, -0.2) is 32.6 Å². The van der Waals surface area contributed by atoms with Gasteiger partial charge < -0.3 is 10.8 Å². The summed E-state index contributed by atoms with van der Waals surface area (Å²) in [5, 5.41) is 8.78. The van der Waals surface area contributed by atoms with Gasteiger partial charge in [0.2, 0.25) is 10.0 Å². The van der Waals surface area contributed by atoms with E-state index in [1.165, 1.54) is 0 Å². The van der Waals surface area contributed by atoms with Gasteiger partial charge in [-0.05, 0) is 18.2 Å². The summed E-state index contributed by atoms with van der Waals surface area (Å²) in [6, 6.07) is 2.65. The number of aliphatic hydroxyl groups is 1. The van der Waals surface area contributed by atoms with Crippen molar-refractivity contribution in [2.75, 3.05) is 12.3 Å². The van der Waals surface area contributed by atoms with Gasteiger partial charge in [0.25, 0.3) is 6.43 Å². The first-order valence-corrected chi connectivity index (χ1v) is 6.23. The molecule has 0 aromatic heterocycles. The average Bonchev–Trinajstić information content (AvgIpc) is 2.29. The van der Waals surface area contributed by atoms with E-state index in [1.807, 2.05) is 0 Å². The van der Waals surface area contributed by atoms with Crippen LogP contribution in [0.3, 0.4) is 0 Å². The molecule has 0 bridgehead atoms. The fourth-order valence-electron chi connectivity index (χ4n) is 1.10. The number of hydrogen-bond donors (Lipinski definition) is 3. The summed E-state index contributed by atoms with van der Waals surface area (Å²) in [5.74, 6) is -0.834. The van der Waals surface area contributed by atoms with Gasteiger partial charge in [-0.25, -0.2) is 26.3 Å². The van der Waals surface area contributed by atoms with Crippen LogP contribution in [0.5, 0.6) is 0 Å². The van der Waals surface area contributed by atoms with Crippen molar-refractivity contribution in [3.63, 3.8) is 0 Å². The molecule has 1 atom stereocenters. The van der Waals surface area contributed by atoms with E-state index < -0.39 is 39.8 Å². The third-order valence-electron chi connectivity index (χ3n) is 2.04. The van der Waals surface area contributed by atoms with Gasteiger partial charge >= 0.3 is 0 Å². The molecule has 0 saturated carbocycles. The number of rotatable bonds is 5. The van der Waals surface area contributed by atoms with E-state index in [2.05, 4.69) is 0 Å². The number of anilines is 1. The van der Waals surface area contributed by atoms with Crippen molar-refractivity contribution in [2.24, 2.45) is 0 Å². The zero-order valence-electron chi connectivity index (χ0n) is 8.98. The van der Waals surface area contributed by atoms with Crippen molar-refractivity contribution in [1.82, 2.24) is 4.72 Å². The molecule has 0 aliphatic carbocycles. The molecule has 0 heterocycles. The predicted molar refractivity (Wildman–Crippen MR) is 58.0 cm³/mol. The van der Waals surface area contributed by atoms with Crippen LogP contribution in [-0.2, 0) is 10.0 Å². The van der Waals surface area contributed by atoms with Crippen LogP contribution in [0.4, 0.5) is 18.9 Å². The smallest absolute Gasteiger partial charge is 0.265 e. The second-order valence-electron chi connectivity index (χ2n) is 3.44. The largest absolute Gasteiger partial charge is 0.398 e. The zero-order chi connectivity index (χ0) is 13.9. The minimum atomic E-state index is -4.25. The Hall–Kier alpha value is -1.32. The number of alkyl halides is 2. The van der Waals surface area contributed by atoms with Crippen LogP contribution in [0.25, 0.3) is 0 Å². The molecule has 1 aromatic rings. The third-order valence-corrected chi connectivity index (χ3v) is 3.52. The SMILES string of the molecule is Nc1ccc(F)cc1S(=O)(=O)NCC(O)C(F)F. The monoisotopic (exact) mass is 284 g/mol. The molecule has 1 aromatic carbocycles. The number of benzene rings is 1. The van der Waals surface area contributed by atoms with Crippen molar-refractivity contribution < 1.29 is 26.7 Å². The molecule has 0 amide bonds. The van der Waals surface area contributed by atoms with E-state index in [9.17, 15) is 21.6 Å². The second kappa shape index (κ2) is 5.55. The molecule has 0 saturated heterocycles. The lowest BCUT2D eigenvalue weighted by Gasteiger charge is -2.12. The summed E-state index contributed by atoms with van der Waals surface area (Å²) < 4.78 is 61.8. The van der Waals surface area contributed by atoms with Crippen LogP contribution in [0.15, 0.2) is 23.1 Å². The summed E-state index contributed by atoms with van der Waals surface area (Å²) in [6.07, 6.45) is -5.23. The van der Waals surface area contributed by atoms with Gasteiger partial charge in [-0.2, -0.15) is 0 Å². The molecule has 5 nitrogen and oxygen atoms in total. The lowest BCUT2D eigenvalue weighted by atomic mass is 10.3. The number of sulfonamides is 1. The normalized spacial score (nSPS) is 13.8. The Bertz CT molecular complexity index is 522. The van der Waals surface area contributed by atoms with Crippen LogP contribution < -0.4 is 10.5 Å². The van der Waals surface area contributed by atoms with Crippen molar-refractivity contribution in [3.8, 4) is 0 Å². The average molecular weight is 284 g/mol. The number of halogens is 3. The fraction of sp³-hybridized carbons (Fsp3) is 0.333. The Morgan fingerprint density at radius 2 is 2.00 bits per heavy atom. The molecule has 1 rings (SSSR count). The fourth-order valence-corrected chi connectivity index (χ4v) is 2.29. The molecule has 0 spiro atoms. The van der Waals surface area contributed by atoms with E-state index in [4.69, 9.17) is 10.8 Å². The Kier molecular flexibility index (Phi) is 4.54. The van der Waals surface area contributed by atoms with Gasteiger partial charge in [0.15, 0.2) is 0 Å². The summed E-state index contributed by atoms with van der Waals surface area (Å²) >= 11 is 0. The molecular weight excluding hydrogens is 273 g/mol. The van der Waals surface area contributed by atoms with Gasteiger partial charge in [-0.3, -0.25) is 0 Å². The highest BCUT2D eigenvalue weighted by atomic mass is 32.2. The third kappa shape index (κ3) is 3.59. The van der Waals surface area contributed by atoms with E-state index in [0.29, 0.717) is 6.07 Å². The van der Waals surface area contributed by atoms with E-state index >= 15 is 0 Å². The molecular formula is C9H11F3N2O3S. The van der Waals surface area contributed by atoms with Crippen LogP contribution >= 0.6 is 0 Å². The maximum Gasteiger partial charge on any atom is 0.265 e. The second-order valence-corrected chi connectivity index (χ2v) is 5.17. The standard InChI is InChI=1S/C9H11F3N2O3S/c10-5-1-2-6(13)8(3-5)18(16,17)14-4-7(15)9(11)12/h1-3,7,9,14-15H,4,13H2. The lowest BCUT2D eigenvalue weighted by molar-refractivity contribution is -0.000450. The molecule has 9 heteroatoms. The minimum Gasteiger partial charge on any atom is -0.398 e. The highest BCUT2D eigenvalue weighted by Gasteiger charge is 2.23. The first-order valence-electron chi connectivity index (χ1n) is 4.75. The molecule has 4 N–H and O–H groups in total. The Labute approximate surface area is 101 Å². The van der Waals surface area contributed by atoms with Crippen LogP contribution in [0.2, 0.25) is 0 Å². The molecule has 18 heavy (non-hydrogen) atoms. The number of hydrogen-bond acceptors (Lipinski definition) is 4. The number of nitrogens with two attached hydrogens (primary N) is 1. The molecule has 0 fully saturated rings. The van der Waals surface area contributed by atoms with Crippen molar-refractivity contribution in [3.05, 3.63) is 24.0 Å². The van der Waals surface area contributed by atoms with Gasteiger partial charge in [0.05, 0.1) is 5.69 Å². The van der Waals surface area contributed by atoms with Gasteiger partial charge in [0, 0.05) is 6.54 Å². The first-order chi connectivity index (χ1) is 8.24. The summed E-state index contributed by atoms with van der Waals surface area (Å²) in [7, 11) is -4.25. The zero-order valence-corrected chi connectivity index (χ0v) is 9.79. The van der Waals surface area contributed by atoms with Gasteiger partial charge in [0.1, 0.15) is 16.8 Å². The molecule has 102 valence electrons. The van der Waals surface area contributed by atoms with Crippen molar-refractivity contribution >= 4 is 15.7 Å². The Morgan fingerprint density at radius 3 is 2.56 bits per heavy atom. The predicted octanol–water partition coefficient (Wildman–Crippen LogP) is 0.312. The first kappa shape index (κ1) is 14.7. The summed E-state index contributed by atoms with van der Waals surface area (Å²) in [5.41, 5.74) is 5.12. The highest BCUT2D eigenvalue weighted by Crippen LogP contribution is 2.19. The van der Waals surface area contributed by atoms with E-state index in [-0.39, 0.29) is 5.69 Å². The quantitative estimate of drug-likeness (QED) is 0.679. The van der Waals surface area contributed by atoms with Crippen LogP contribution in [0.1, 0.15) is 0 Å². The molecule has 0 aliphatic rings. The van der Waals surface area contributed by atoms with Crippen molar-refractivity contribution in [1.29, 1.82) is 0 Å². The molecule has 1 unspecified atom stereocenters. The van der Waals surface area contributed by atoms with Crippen LogP contribution in [0, 0.1) is 5.82 Å². The minimum absolute atomic E-state index is 0.226. The van der Waals surface area contributed by atoms with Gasteiger partial charge in [-0.1, -0.05) is 0 Å². The maximum atomic E-state index is 12.9. The summed E-state index contributed by atoms with van der Waals surface area (Å²) in [6.45, 7) is -0.893. The van der Waals surface area contributed by atoms with E-state index in [0.717, 1.165) is 12.1 Å². The maximum absolute atomic E-state index is 12.9.